The Hall–Kier alpha value is -1.04. The summed E-state index contributed by atoms with van der Waals surface area (Å²) in [5.41, 5.74) is 2.00. The van der Waals surface area contributed by atoms with Gasteiger partial charge in [-0.05, 0) is 31.0 Å². The summed E-state index contributed by atoms with van der Waals surface area (Å²) in [7, 11) is -1.06. The van der Waals surface area contributed by atoms with Crippen molar-refractivity contribution in [2.75, 3.05) is 11.9 Å². The molecule has 0 bridgehead atoms. The summed E-state index contributed by atoms with van der Waals surface area (Å²) < 4.78 is 7.94. The van der Waals surface area contributed by atoms with E-state index in [-0.39, 0.29) is 0 Å². The molecule has 0 spiro atoms. The Kier molecular flexibility index (Phi) is 6.07. The second-order valence-electron chi connectivity index (χ2n) is 8.34. The van der Waals surface area contributed by atoms with Crippen molar-refractivity contribution in [3.63, 3.8) is 0 Å². The van der Waals surface area contributed by atoms with Crippen LogP contribution in [0.1, 0.15) is 32.1 Å². The van der Waals surface area contributed by atoms with Crippen LogP contribution >= 0.6 is 11.6 Å². The lowest BCUT2D eigenvalue weighted by Crippen LogP contribution is -2.22. The fourth-order valence-corrected chi connectivity index (χ4v) is 4.31. The van der Waals surface area contributed by atoms with Gasteiger partial charge >= 0.3 is 0 Å². The maximum absolute atomic E-state index is 6.29. The number of hydrogen-bond donors (Lipinski definition) is 1. The molecule has 2 aromatic rings. The lowest BCUT2D eigenvalue weighted by atomic mass is 9.95. The zero-order chi connectivity index (χ0) is 17.9. The molecule has 1 fully saturated rings. The van der Waals surface area contributed by atoms with Crippen LogP contribution in [0.15, 0.2) is 18.3 Å². The van der Waals surface area contributed by atoms with E-state index in [4.69, 9.17) is 16.3 Å². The first-order valence-electron chi connectivity index (χ1n) is 9.42. The number of fused-ring (bicyclic) bond motifs is 1. The van der Waals surface area contributed by atoms with Gasteiger partial charge in [0, 0.05) is 38.0 Å². The SMILES string of the molecule is C[Si](C)(C)CCOCn1ccc2c(NC3CCCCC3)cc(Cl)nc21. The number of nitrogens with one attached hydrogen (secondary N) is 1. The molecule has 0 saturated heterocycles. The highest BCUT2D eigenvalue weighted by molar-refractivity contribution is 6.76. The third kappa shape index (κ3) is 5.22. The molecular weight excluding hydrogens is 350 g/mol. The number of halogens is 1. The summed E-state index contributed by atoms with van der Waals surface area (Å²) in [5.74, 6) is 0. The Labute approximate surface area is 156 Å². The van der Waals surface area contributed by atoms with Crippen LogP contribution in [0.2, 0.25) is 30.8 Å². The highest BCUT2D eigenvalue weighted by atomic mass is 35.5. The molecule has 1 N–H and O–H groups in total. The van der Waals surface area contributed by atoms with Crippen molar-refractivity contribution in [2.24, 2.45) is 0 Å². The van der Waals surface area contributed by atoms with Crippen molar-refractivity contribution in [1.29, 1.82) is 0 Å². The Morgan fingerprint density at radius 2 is 2.04 bits per heavy atom. The van der Waals surface area contributed by atoms with Gasteiger partial charge in [-0.3, -0.25) is 0 Å². The number of rotatable bonds is 7. The molecule has 1 aliphatic carbocycles. The molecule has 0 aromatic carbocycles. The van der Waals surface area contributed by atoms with Crippen LogP contribution in [-0.2, 0) is 11.5 Å². The lowest BCUT2D eigenvalue weighted by molar-refractivity contribution is 0.0899. The van der Waals surface area contributed by atoms with E-state index in [1.54, 1.807) is 0 Å². The van der Waals surface area contributed by atoms with Gasteiger partial charge < -0.3 is 14.6 Å². The minimum Gasteiger partial charge on any atom is -0.382 e. The van der Waals surface area contributed by atoms with E-state index in [0.29, 0.717) is 17.9 Å². The van der Waals surface area contributed by atoms with Crippen LogP contribution in [0.4, 0.5) is 5.69 Å². The zero-order valence-electron chi connectivity index (χ0n) is 15.6. The number of anilines is 1. The predicted molar refractivity (Wildman–Crippen MR) is 109 cm³/mol. The maximum atomic E-state index is 6.29. The highest BCUT2D eigenvalue weighted by Gasteiger charge is 2.17. The first kappa shape index (κ1) is 18.7. The van der Waals surface area contributed by atoms with E-state index in [0.717, 1.165) is 23.3 Å². The maximum Gasteiger partial charge on any atom is 0.145 e. The third-order valence-electron chi connectivity index (χ3n) is 4.89. The van der Waals surface area contributed by atoms with Gasteiger partial charge in [0.15, 0.2) is 0 Å². The molecule has 1 saturated carbocycles. The summed E-state index contributed by atoms with van der Waals surface area (Å²) in [6, 6.07) is 5.79. The molecule has 25 heavy (non-hydrogen) atoms. The Bertz CT molecular complexity index is 704. The molecule has 0 radical (unpaired) electrons. The van der Waals surface area contributed by atoms with Crippen LogP contribution in [0.3, 0.4) is 0 Å². The first-order chi connectivity index (χ1) is 11.9. The molecule has 0 unspecified atom stereocenters. The molecule has 2 heterocycles. The third-order valence-corrected chi connectivity index (χ3v) is 6.79. The molecule has 0 amide bonds. The molecular formula is C19H30ClN3OSi. The molecule has 0 aliphatic heterocycles. The molecule has 138 valence electrons. The standard InChI is InChI=1S/C19H30ClN3OSi/c1-25(2,3)12-11-24-14-23-10-9-16-17(13-18(20)22-19(16)23)21-15-7-5-4-6-8-15/h9-10,13,15H,4-8,11-12,14H2,1-3H3,(H,21,22). The average Bonchev–Trinajstić information content (AvgIpc) is 2.95. The predicted octanol–water partition coefficient (Wildman–Crippen LogP) is 5.75. The Balaban J connectivity index is 1.71. The average molecular weight is 380 g/mol. The summed E-state index contributed by atoms with van der Waals surface area (Å²) in [6.45, 7) is 8.44. The van der Waals surface area contributed by atoms with Crippen molar-refractivity contribution in [3.8, 4) is 0 Å². The van der Waals surface area contributed by atoms with Crippen molar-refractivity contribution in [1.82, 2.24) is 9.55 Å². The summed E-state index contributed by atoms with van der Waals surface area (Å²) in [5, 5.41) is 5.36. The second-order valence-corrected chi connectivity index (χ2v) is 14.4. The van der Waals surface area contributed by atoms with Crippen LogP contribution in [0.25, 0.3) is 11.0 Å². The van der Waals surface area contributed by atoms with E-state index in [1.165, 1.54) is 38.1 Å². The van der Waals surface area contributed by atoms with Gasteiger partial charge in [-0.1, -0.05) is 50.5 Å². The van der Waals surface area contributed by atoms with Crippen LogP contribution < -0.4 is 5.32 Å². The lowest BCUT2D eigenvalue weighted by Gasteiger charge is -2.24. The minimum absolute atomic E-state index is 0.532. The number of nitrogens with zero attached hydrogens (tertiary/aromatic N) is 2. The molecule has 2 aromatic heterocycles. The van der Waals surface area contributed by atoms with E-state index >= 15 is 0 Å². The number of ether oxygens (including phenoxy) is 1. The van der Waals surface area contributed by atoms with Gasteiger partial charge in [-0.15, -0.1) is 0 Å². The molecule has 3 rings (SSSR count). The van der Waals surface area contributed by atoms with Crippen molar-refractivity contribution >= 4 is 36.4 Å². The second kappa shape index (κ2) is 8.10. The smallest absolute Gasteiger partial charge is 0.145 e. The van der Waals surface area contributed by atoms with E-state index < -0.39 is 8.07 Å². The van der Waals surface area contributed by atoms with E-state index in [1.807, 2.05) is 6.07 Å². The van der Waals surface area contributed by atoms with Crippen molar-refractivity contribution in [2.45, 2.75) is 70.6 Å². The van der Waals surface area contributed by atoms with Crippen LogP contribution in [-0.4, -0.2) is 30.3 Å². The van der Waals surface area contributed by atoms with Crippen molar-refractivity contribution in [3.05, 3.63) is 23.5 Å². The van der Waals surface area contributed by atoms with Gasteiger partial charge in [0.1, 0.15) is 17.5 Å². The van der Waals surface area contributed by atoms with Crippen LogP contribution in [0.5, 0.6) is 0 Å². The fraction of sp³-hybridized carbons (Fsp3) is 0.632. The van der Waals surface area contributed by atoms with Gasteiger partial charge in [0.2, 0.25) is 0 Å². The molecule has 4 nitrogen and oxygen atoms in total. The van der Waals surface area contributed by atoms with E-state index in [9.17, 15) is 0 Å². The van der Waals surface area contributed by atoms with Gasteiger partial charge in [0.25, 0.3) is 0 Å². The largest absolute Gasteiger partial charge is 0.382 e. The summed E-state index contributed by atoms with van der Waals surface area (Å²) in [4.78, 5) is 4.53. The fourth-order valence-electron chi connectivity index (χ4n) is 3.36. The van der Waals surface area contributed by atoms with E-state index in [2.05, 4.69) is 46.8 Å². The summed E-state index contributed by atoms with van der Waals surface area (Å²) in [6.07, 6.45) is 8.51. The first-order valence-corrected chi connectivity index (χ1v) is 13.5. The topological polar surface area (TPSA) is 39.1 Å². The number of pyridine rings is 1. The number of aromatic nitrogens is 2. The zero-order valence-corrected chi connectivity index (χ0v) is 17.4. The van der Waals surface area contributed by atoms with Gasteiger partial charge in [-0.2, -0.15) is 0 Å². The Morgan fingerprint density at radius 3 is 2.76 bits per heavy atom. The molecule has 0 atom stereocenters. The number of hydrogen-bond acceptors (Lipinski definition) is 3. The highest BCUT2D eigenvalue weighted by Crippen LogP contribution is 2.29. The minimum atomic E-state index is -1.06. The van der Waals surface area contributed by atoms with Crippen molar-refractivity contribution < 1.29 is 4.74 Å². The monoisotopic (exact) mass is 379 g/mol. The van der Waals surface area contributed by atoms with Crippen LogP contribution in [0, 0.1) is 0 Å². The summed E-state index contributed by atoms with van der Waals surface area (Å²) >= 11 is 6.29. The van der Waals surface area contributed by atoms with Gasteiger partial charge in [0.05, 0.1) is 0 Å². The van der Waals surface area contributed by atoms with Gasteiger partial charge in [-0.25, -0.2) is 4.98 Å². The Morgan fingerprint density at radius 1 is 1.28 bits per heavy atom. The normalized spacial score (nSPS) is 16.5. The molecule has 6 heteroatoms. The molecule has 1 aliphatic rings. The quantitative estimate of drug-likeness (QED) is 0.378.